The Kier molecular flexibility index (Phi) is 1.86. The van der Waals surface area contributed by atoms with E-state index >= 15 is 0 Å². The molecule has 0 fully saturated rings. The molecule has 2 nitrogen and oxygen atoms in total. The molecule has 2 aromatic carbocycles. The van der Waals surface area contributed by atoms with Crippen molar-refractivity contribution < 1.29 is 4.74 Å². The largest absolute Gasteiger partial charge is 0.497 e. The first-order chi connectivity index (χ1) is 7.38. The summed E-state index contributed by atoms with van der Waals surface area (Å²) in [7, 11) is 1.69. The van der Waals surface area contributed by atoms with Gasteiger partial charge in [0.1, 0.15) is 5.75 Å². The summed E-state index contributed by atoms with van der Waals surface area (Å²) >= 11 is 1.68. The summed E-state index contributed by atoms with van der Waals surface area (Å²) in [6.07, 6.45) is 0. The monoisotopic (exact) mass is 215 g/mol. The third kappa shape index (κ3) is 1.27. The van der Waals surface area contributed by atoms with E-state index in [1.54, 1.807) is 18.4 Å². The molecule has 74 valence electrons. The Hall–Kier alpha value is -1.61. The minimum absolute atomic E-state index is 0.895. The highest BCUT2D eigenvalue weighted by molar-refractivity contribution is 7.17. The van der Waals surface area contributed by atoms with Crippen LogP contribution >= 0.6 is 11.3 Å². The second-order valence-corrected chi connectivity index (χ2v) is 4.21. The fourth-order valence-electron chi connectivity index (χ4n) is 1.76. The van der Waals surface area contributed by atoms with E-state index in [1.165, 1.54) is 15.5 Å². The smallest absolute Gasteiger partial charge is 0.119 e. The molecule has 1 aromatic heterocycles. The maximum Gasteiger partial charge on any atom is 0.119 e. The summed E-state index contributed by atoms with van der Waals surface area (Å²) in [5.41, 5.74) is 2.95. The van der Waals surface area contributed by atoms with Crippen LogP contribution in [-0.2, 0) is 0 Å². The standard InChI is InChI=1S/C12H9NOS/c1-14-9-3-4-10-8(6-9)2-5-11-12(10)15-7-13-11/h2-7H,1H3. The van der Waals surface area contributed by atoms with Crippen molar-refractivity contribution in [3.05, 3.63) is 35.8 Å². The SMILES string of the molecule is COc1ccc2c(ccc3ncsc32)c1. The highest BCUT2D eigenvalue weighted by Gasteiger charge is 2.03. The third-order valence-corrected chi connectivity index (χ3v) is 3.39. The van der Waals surface area contributed by atoms with Gasteiger partial charge in [0.15, 0.2) is 0 Å². The van der Waals surface area contributed by atoms with Gasteiger partial charge in [-0.05, 0) is 29.7 Å². The van der Waals surface area contributed by atoms with Gasteiger partial charge in [-0.2, -0.15) is 0 Å². The van der Waals surface area contributed by atoms with Crippen LogP contribution in [0.15, 0.2) is 35.8 Å². The molecular formula is C12H9NOS. The second kappa shape index (κ2) is 3.21. The van der Waals surface area contributed by atoms with Gasteiger partial charge in [0, 0.05) is 5.39 Å². The Labute approximate surface area is 91.1 Å². The molecule has 0 aliphatic carbocycles. The summed E-state index contributed by atoms with van der Waals surface area (Å²) in [4.78, 5) is 4.30. The number of rotatable bonds is 1. The summed E-state index contributed by atoms with van der Waals surface area (Å²) in [6, 6.07) is 10.3. The van der Waals surface area contributed by atoms with Crippen molar-refractivity contribution in [1.82, 2.24) is 4.98 Å². The fourth-order valence-corrected chi connectivity index (χ4v) is 2.58. The molecule has 3 rings (SSSR count). The van der Waals surface area contributed by atoms with E-state index in [0.717, 1.165) is 11.3 Å². The summed E-state index contributed by atoms with van der Waals surface area (Å²) < 4.78 is 6.45. The Bertz CT molecular complexity index is 630. The molecule has 0 unspecified atom stereocenters. The summed E-state index contributed by atoms with van der Waals surface area (Å²) in [5, 5.41) is 2.45. The lowest BCUT2D eigenvalue weighted by Gasteiger charge is -2.02. The van der Waals surface area contributed by atoms with Crippen LogP contribution in [0.4, 0.5) is 0 Å². The molecule has 3 heteroatoms. The van der Waals surface area contributed by atoms with Crippen LogP contribution in [0, 0.1) is 0 Å². The van der Waals surface area contributed by atoms with Gasteiger partial charge in [0.2, 0.25) is 0 Å². The van der Waals surface area contributed by atoms with Crippen LogP contribution in [0.2, 0.25) is 0 Å². The zero-order valence-electron chi connectivity index (χ0n) is 8.23. The number of hydrogen-bond acceptors (Lipinski definition) is 3. The molecule has 0 bridgehead atoms. The number of benzene rings is 2. The molecule has 0 N–H and O–H groups in total. The van der Waals surface area contributed by atoms with Crippen LogP contribution in [0.1, 0.15) is 0 Å². The van der Waals surface area contributed by atoms with Gasteiger partial charge in [-0.1, -0.05) is 6.07 Å². The fraction of sp³-hybridized carbons (Fsp3) is 0.0833. The van der Waals surface area contributed by atoms with Gasteiger partial charge in [0.25, 0.3) is 0 Å². The van der Waals surface area contributed by atoms with Crippen LogP contribution in [0.5, 0.6) is 5.75 Å². The molecule has 1 heterocycles. The number of thiazole rings is 1. The average molecular weight is 215 g/mol. The van der Waals surface area contributed by atoms with E-state index in [0.29, 0.717) is 0 Å². The molecule has 0 amide bonds. The minimum Gasteiger partial charge on any atom is -0.497 e. The zero-order chi connectivity index (χ0) is 10.3. The topological polar surface area (TPSA) is 22.1 Å². The molecule has 0 saturated carbocycles. The average Bonchev–Trinajstić information content (AvgIpc) is 2.76. The second-order valence-electron chi connectivity index (χ2n) is 3.35. The maximum absolute atomic E-state index is 5.20. The van der Waals surface area contributed by atoms with Crippen molar-refractivity contribution >= 4 is 32.3 Å². The number of aromatic nitrogens is 1. The first-order valence-electron chi connectivity index (χ1n) is 4.68. The van der Waals surface area contributed by atoms with Crippen molar-refractivity contribution in [2.45, 2.75) is 0 Å². The molecule has 15 heavy (non-hydrogen) atoms. The van der Waals surface area contributed by atoms with E-state index in [-0.39, 0.29) is 0 Å². The molecule has 0 atom stereocenters. The molecule has 0 aliphatic rings. The van der Waals surface area contributed by atoms with Gasteiger partial charge in [0.05, 0.1) is 22.8 Å². The first-order valence-corrected chi connectivity index (χ1v) is 5.56. The number of methoxy groups -OCH3 is 1. The molecule has 0 spiro atoms. The summed E-state index contributed by atoms with van der Waals surface area (Å²) in [5.74, 6) is 0.895. The Morgan fingerprint density at radius 1 is 1.20 bits per heavy atom. The number of fused-ring (bicyclic) bond motifs is 3. The maximum atomic E-state index is 5.20. The molecule has 0 aliphatic heterocycles. The predicted octanol–water partition coefficient (Wildman–Crippen LogP) is 3.46. The predicted molar refractivity (Wildman–Crippen MR) is 63.7 cm³/mol. The van der Waals surface area contributed by atoms with Gasteiger partial charge in [-0.25, -0.2) is 4.98 Å². The van der Waals surface area contributed by atoms with Crippen molar-refractivity contribution in [3.8, 4) is 5.75 Å². The molecule has 0 radical (unpaired) electrons. The van der Waals surface area contributed by atoms with E-state index < -0.39 is 0 Å². The highest BCUT2D eigenvalue weighted by Crippen LogP contribution is 2.30. The summed E-state index contributed by atoms with van der Waals surface area (Å²) in [6.45, 7) is 0. The van der Waals surface area contributed by atoms with Crippen LogP contribution in [0.25, 0.3) is 21.0 Å². The lowest BCUT2D eigenvalue weighted by Crippen LogP contribution is -1.82. The van der Waals surface area contributed by atoms with Crippen molar-refractivity contribution in [2.24, 2.45) is 0 Å². The minimum atomic E-state index is 0.895. The van der Waals surface area contributed by atoms with Crippen molar-refractivity contribution in [2.75, 3.05) is 7.11 Å². The Balaban J connectivity index is 2.44. The van der Waals surface area contributed by atoms with E-state index in [9.17, 15) is 0 Å². The molecule has 0 saturated heterocycles. The van der Waals surface area contributed by atoms with Crippen LogP contribution < -0.4 is 4.74 Å². The quantitative estimate of drug-likeness (QED) is 0.620. The number of ether oxygens (including phenoxy) is 1. The number of nitrogens with zero attached hydrogens (tertiary/aromatic N) is 1. The first kappa shape index (κ1) is 8.68. The van der Waals surface area contributed by atoms with Gasteiger partial charge < -0.3 is 4.74 Å². The molecule has 3 aromatic rings. The number of hydrogen-bond donors (Lipinski definition) is 0. The lowest BCUT2D eigenvalue weighted by atomic mass is 10.1. The third-order valence-electron chi connectivity index (χ3n) is 2.52. The van der Waals surface area contributed by atoms with Crippen LogP contribution in [0.3, 0.4) is 0 Å². The van der Waals surface area contributed by atoms with Crippen molar-refractivity contribution in [1.29, 1.82) is 0 Å². The van der Waals surface area contributed by atoms with Gasteiger partial charge in [-0.3, -0.25) is 0 Å². The Morgan fingerprint density at radius 2 is 2.13 bits per heavy atom. The van der Waals surface area contributed by atoms with Gasteiger partial charge >= 0.3 is 0 Å². The van der Waals surface area contributed by atoms with E-state index in [2.05, 4.69) is 23.2 Å². The highest BCUT2D eigenvalue weighted by atomic mass is 32.1. The normalized spacial score (nSPS) is 11.0. The molecular weight excluding hydrogens is 206 g/mol. The van der Waals surface area contributed by atoms with Crippen LogP contribution in [-0.4, -0.2) is 12.1 Å². The zero-order valence-corrected chi connectivity index (χ0v) is 9.04. The van der Waals surface area contributed by atoms with E-state index in [1.807, 2.05) is 17.6 Å². The van der Waals surface area contributed by atoms with Gasteiger partial charge in [-0.15, -0.1) is 11.3 Å². The Morgan fingerprint density at radius 3 is 3.00 bits per heavy atom. The van der Waals surface area contributed by atoms with Crippen molar-refractivity contribution in [3.63, 3.8) is 0 Å². The lowest BCUT2D eigenvalue weighted by molar-refractivity contribution is 0.415. The van der Waals surface area contributed by atoms with E-state index in [4.69, 9.17) is 4.74 Å².